The maximum absolute atomic E-state index is 13.5. The van der Waals surface area contributed by atoms with Gasteiger partial charge in [-0.05, 0) is 30.3 Å². The number of hydrogen-bond donors (Lipinski definition) is 1. The third kappa shape index (κ3) is 1.97. The van der Waals surface area contributed by atoms with Crippen molar-refractivity contribution in [1.82, 2.24) is 0 Å². The highest BCUT2D eigenvalue weighted by atomic mass is 19.1. The van der Waals surface area contributed by atoms with Crippen molar-refractivity contribution in [2.45, 2.75) is 0 Å². The first-order chi connectivity index (χ1) is 9.15. The fraction of sp³-hybridized carbons (Fsp3) is 0. The van der Waals surface area contributed by atoms with Gasteiger partial charge in [0.25, 0.3) is 0 Å². The molecule has 2 aromatic rings. The first kappa shape index (κ1) is 11.5. The zero-order valence-electron chi connectivity index (χ0n) is 9.89. The van der Waals surface area contributed by atoms with E-state index in [1.807, 2.05) is 0 Å². The number of allylic oxidation sites excluding steroid dienone is 1. The van der Waals surface area contributed by atoms with Gasteiger partial charge in [-0.2, -0.15) is 0 Å². The maximum atomic E-state index is 13.5. The minimum atomic E-state index is -0.401. The summed E-state index contributed by atoms with van der Waals surface area (Å²) in [5, 5.41) is 0. The number of nitrogen functional groups attached to an aromatic ring is 1. The summed E-state index contributed by atoms with van der Waals surface area (Å²) < 4.78 is 19.0. The average Bonchev–Trinajstić information content (AvgIpc) is 2.70. The first-order valence-corrected chi connectivity index (χ1v) is 5.73. The Kier molecular flexibility index (Phi) is 2.56. The van der Waals surface area contributed by atoms with Crippen LogP contribution in [0.3, 0.4) is 0 Å². The highest BCUT2D eigenvalue weighted by Gasteiger charge is 2.27. The van der Waals surface area contributed by atoms with Crippen LogP contribution in [0.15, 0.2) is 48.2 Å². The lowest BCUT2D eigenvalue weighted by Crippen LogP contribution is -1.99. The number of ether oxygens (including phenoxy) is 1. The van der Waals surface area contributed by atoms with Crippen LogP contribution in [0.25, 0.3) is 6.08 Å². The molecule has 0 saturated heterocycles. The lowest BCUT2D eigenvalue weighted by molar-refractivity contribution is 0.101. The van der Waals surface area contributed by atoms with Crippen molar-refractivity contribution in [3.05, 3.63) is 65.2 Å². The van der Waals surface area contributed by atoms with Gasteiger partial charge in [0.1, 0.15) is 11.6 Å². The molecule has 0 atom stereocenters. The maximum Gasteiger partial charge on any atom is 0.232 e. The summed E-state index contributed by atoms with van der Waals surface area (Å²) in [7, 11) is 0. The van der Waals surface area contributed by atoms with Crippen LogP contribution in [-0.4, -0.2) is 5.78 Å². The molecule has 0 bridgehead atoms. The van der Waals surface area contributed by atoms with E-state index in [2.05, 4.69) is 0 Å². The number of halogens is 1. The van der Waals surface area contributed by atoms with Gasteiger partial charge < -0.3 is 10.5 Å². The van der Waals surface area contributed by atoms with Crippen LogP contribution in [0.5, 0.6) is 5.75 Å². The highest BCUT2D eigenvalue weighted by molar-refractivity contribution is 6.14. The zero-order chi connectivity index (χ0) is 13.4. The van der Waals surface area contributed by atoms with Crippen LogP contribution in [0.2, 0.25) is 0 Å². The van der Waals surface area contributed by atoms with E-state index in [-0.39, 0.29) is 13.0 Å². The van der Waals surface area contributed by atoms with Crippen molar-refractivity contribution in [3.63, 3.8) is 0 Å². The molecular formula is C15H12FNO2. The zero-order valence-corrected chi connectivity index (χ0v) is 9.89. The summed E-state index contributed by atoms with van der Waals surface area (Å²) in [6, 6.07) is 11.0. The number of ketones is 1. The topological polar surface area (TPSA) is 52.3 Å². The summed E-state index contributed by atoms with van der Waals surface area (Å²) in [4.78, 5) is 12.1. The van der Waals surface area contributed by atoms with Gasteiger partial charge in [-0.1, -0.05) is 18.2 Å². The van der Waals surface area contributed by atoms with Crippen LogP contribution in [0, 0.1) is 5.82 Å². The molecule has 3 rings (SSSR count). The summed E-state index contributed by atoms with van der Waals surface area (Å²) in [5.74, 6) is -0.139. The van der Waals surface area contributed by atoms with Gasteiger partial charge in [0.05, 0.1) is 5.56 Å². The third-order valence-electron chi connectivity index (χ3n) is 2.88. The smallest absolute Gasteiger partial charge is 0.232 e. The number of Topliss-reactive ketones (excluding diaryl/α,β-unsaturated/α-hetero) is 1. The Balaban J connectivity index is 0.00000147. The third-order valence-corrected chi connectivity index (χ3v) is 2.88. The average molecular weight is 257 g/mol. The molecule has 1 aliphatic rings. The number of hydrogen-bond acceptors (Lipinski definition) is 3. The minimum absolute atomic E-state index is 0. The molecular weight excluding hydrogens is 245 g/mol. The number of carbonyl (C=O) groups excluding carboxylic acids is 1. The van der Waals surface area contributed by atoms with E-state index >= 15 is 0 Å². The van der Waals surface area contributed by atoms with Crippen LogP contribution >= 0.6 is 0 Å². The van der Waals surface area contributed by atoms with Gasteiger partial charge in [0, 0.05) is 12.7 Å². The van der Waals surface area contributed by atoms with Crippen molar-refractivity contribution in [2.75, 3.05) is 5.73 Å². The Labute approximate surface area is 110 Å². The van der Waals surface area contributed by atoms with Crippen LogP contribution < -0.4 is 10.5 Å². The lowest BCUT2D eigenvalue weighted by atomic mass is 10.1. The lowest BCUT2D eigenvalue weighted by Gasteiger charge is -1.99. The number of anilines is 1. The largest absolute Gasteiger partial charge is 0.452 e. The van der Waals surface area contributed by atoms with Gasteiger partial charge in [0.2, 0.25) is 5.78 Å². The van der Waals surface area contributed by atoms with Crippen LogP contribution in [0.1, 0.15) is 17.3 Å². The quantitative estimate of drug-likeness (QED) is 0.630. The predicted molar refractivity (Wildman–Crippen MR) is 72.3 cm³/mol. The number of fused-ring (bicyclic) bond motifs is 1. The second-order valence-corrected chi connectivity index (χ2v) is 4.22. The molecule has 0 aliphatic carbocycles. The number of nitrogens with two attached hydrogens (primary N) is 1. The molecule has 0 unspecified atom stereocenters. The summed E-state index contributed by atoms with van der Waals surface area (Å²) in [5.41, 5.74) is 6.83. The molecule has 1 aliphatic heterocycles. The molecule has 0 amide bonds. The second-order valence-electron chi connectivity index (χ2n) is 4.22. The second kappa shape index (κ2) is 4.24. The van der Waals surface area contributed by atoms with E-state index in [0.29, 0.717) is 22.6 Å². The van der Waals surface area contributed by atoms with Crippen molar-refractivity contribution >= 4 is 17.5 Å². The van der Waals surface area contributed by atoms with E-state index in [9.17, 15) is 9.18 Å². The van der Waals surface area contributed by atoms with E-state index < -0.39 is 5.82 Å². The summed E-state index contributed by atoms with van der Waals surface area (Å²) >= 11 is 0. The van der Waals surface area contributed by atoms with Gasteiger partial charge >= 0.3 is 0 Å². The molecule has 96 valence electrons. The molecule has 0 saturated carbocycles. The Morgan fingerprint density at radius 2 is 2.00 bits per heavy atom. The highest BCUT2D eigenvalue weighted by Crippen LogP contribution is 2.33. The van der Waals surface area contributed by atoms with E-state index in [1.165, 1.54) is 12.1 Å². The normalized spacial score (nSPS) is 15.4. The molecule has 0 radical (unpaired) electrons. The van der Waals surface area contributed by atoms with Crippen LogP contribution in [0.4, 0.5) is 10.1 Å². The van der Waals surface area contributed by atoms with Gasteiger partial charge in [-0.25, -0.2) is 4.39 Å². The van der Waals surface area contributed by atoms with Crippen molar-refractivity contribution in [1.29, 1.82) is 0 Å². The summed E-state index contributed by atoms with van der Waals surface area (Å²) in [6.07, 6.45) is 1.40. The molecule has 2 N–H and O–H groups in total. The van der Waals surface area contributed by atoms with Crippen molar-refractivity contribution in [2.24, 2.45) is 0 Å². The molecule has 19 heavy (non-hydrogen) atoms. The molecule has 0 fully saturated rings. The number of carbonyl (C=O) groups is 1. The number of rotatable bonds is 1. The Morgan fingerprint density at radius 1 is 1.21 bits per heavy atom. The van der Waals surface area contributed by atoms with Gasteiger partial charge in [-0.15, -0.1) is 0 Å². The molecule has 4 heteroatoms. The fourth-order valence-electron chi connectivity index (χ4n) is 1.94. The molecule has 0 spiro atoms. The van der Waals surface area contributed by atoms with Gasteiger partial charge in [-0.3, -0.25) is 4.79 Å². The predicted octanol–water partition coefficient (Wildman–Crippen LogP) is 3.27. The minimum Gasteiger partial charge on any atom is -0.452 e. The van der Waals surface area contributed by atoms with Gasteiger partial charge in [0.15, 0.2) is 5.76 Å². The molecule has 3 nitrogen and oxygen atoms in total. The SMILES string of the molecule is Nc1ccc2c(c1)C(=O)/C(=C/c1ccccc1F)O2.[HH]. The van der Waals surface area contributed by atoms with E-state index in [4.69, 9.17) is 10.5 Å². The monoisotopic (exact) mass is 257 g/mol. The van der Waals surface area contributed by atoms with Crippen molar-refractivity contribution < 1.29 is 15.3 Å². The summed E-state index contributed by atoms with van der Waals surface area (Å²) in [6.45, 7) is 0. The van der Waals surface area contributed by atoms with E-state index in [1.54, 1.807) is 36.4 Å². The van der Waals surface area contributed by atoms with E-state index in [0.717, 1.165) is 0 Å². The van der Waals surface area contributed by atoms with Crippen LogP contribution in [-0.2, 0) is 0 Å². The molecule has 1 heterocycles. The Hall–Kier alpha value is -2.62. The fourth-order valence-corrected chi connectivity index (χ4v) is 1.94. The Bertz CT molecular complexity index is 713. The molecule has 0 aromatic heterocycles. The number of benzene rings is 2. The molecule has 2 aromatic carbocycles. The first-order valence-electron chi connectivity index (χ1n) is 5.73. The van der Waals surface area contributed by atoms with Crippen molar-refractivity contribution in [3.8, 4) is 5.75 Å². The Morgan fingerprint density at radius 3 is 2.79 bits per heavy atom. The standard InChI is InChI=1S/C15H10FNO2.H2/c16-12-4-2-1-3-9(12)7-14-15(18)11-8-10(17)5-6-13(11)19-14;/h1-8H,17H2;1H/b14-7-;.